The van der Waals surface area contributed by atoms with E-state index in [0.29, 0.717) is 6.54 Å². The molecule has 1 aromatic heterocycles. The Morgan fingerprint density at radius 1 is 1.27 bits per heavy atom. The standard InChI is InChI=1S/C17H21ClN2OS/c1-3-16(13-6-8-14(18)9-7-13)20-12(2)17(21)19-11-15-5-4-10-22-15/h4-10,12,16,20H,3,11H2,1-2H3,(H,19,21)/t12-,16-/m0/s1. The summed E-state index contributed by atoms with van der Waals surface area (Å²) in [5.74, 6) is 0.0146. The number of thiophene rings is 1. The van der Waals surface area contributed by atoms with Crippen LogP contribution in [-0.4, -0.2) is 11.9 Å². The third-order valence-electron chi connectivity index (χ3n) is 3.54. The Balaban J connectivity index is 1.89. The van der Waals surface area contributed by atoms with Gasteiger partial charge >= 0.3 is 0 Å². The number of hydrogen-bond acceptors (Lipinski definition) is 3. The first-order chi connectivity index (χ1) is 10.6. The molecule has 0 radical (unpaired) electrons. The lowest BCUT2D eigenvalue weighted by atomic mass is 10.0. The van der Waals surface area contributed by atoms with Gasteiger partial charge in [0.1, 0.15) is 0 Å². The van der Waals surface area contributed by atoms with Gasteiger partial charge in [-0.25, -0.2) is 0 Å². The lowest BCUT2D eigenvalue weighted by molar-refractivity contribution is -0.123. The maximum absolute atomic E-state index is 12.2. The SMILES string of the molecule is CC[C@H](N[C@@H](C)C(=O)NCc1cccs1)c1ccc(Cl)cc1. The Hall–Kier alpha value is -1.36. The van der Waals surface area contributed by atoms with Crippen LogP contribution in [-0.2, 0) is 11.3 Å². The lowest BCUT2D eigenvalue weighted by Gasteiger charge is -2.22. The molecule has 5 heteroatoms. The van der Waals surface area contributed by atoms with Crippen molar-refractivity contribution in [2.45, 2.75) is 38.9 Å². The first kappa shape index (κ1) is 17.0. The van der Waals surface area contributed by atoms with Crippen molar-refractivity contribution in [1.29, 1.82) is 0 Å². The predicted molar refractivity (Wildman–Crippen MR) is 93.2 cm³/mol. The van der Waals surface area contributed by atoms with E-state index in [-0.39, 0.29) is 18.0 Å². The Labute approximate surface area is 140 Å². The van der Waals surface area contributed by atoms with Crippen molar-refractivity contribution < 1.29 is 4.79 Å². The average Bonchev–Trinajstić information content (AvgIpc) is 3.04. The molecule has 0 saturated heterocycles. The minimum atomic E-state index is -0.249. The highest BCUT2D eigenvalue weighted by Gasteiger charge is 2.17. The fourth-order valence-corrected chi connectivity index (χ4v) is 3.03. The van der Waals surface area contributed by atoms with Gasteiger partial charge in [0, 0.05) is 15.9 Å². The van der Waals surface area contributed by atoms with Crippen LogP contribution >= 0.6 is 22.9 Å². The van der Waals surface area contributed by atoms with Crippen LogP contribution in [0.25, 0.3) is 0 Å². The number of hydrogen-bond donors (Lipinski definition) is 2. The van der Waals surface area contributed by atoms with Gasteiger partial charge in [0.15, 0.2) is 0 Å². The van der Waals surface area contributed by atoms with E-state index in [0.717, 1.165) is 21.9 Å². The van der Waals surface area contributed by atoms with Crippen molar-refractivity contribution in [2.75, 3.05) is 0 Å². The van der Waals surface area contributed by atoms with E-state index >= 15 is 0 Å². The number of halogens is 1. The second kappa shape index (κ2) is 8.32. The van der Waals surface area contributed by atoms with E-state index in [4.69, 9.17) is 11.6 Å². The van der Waals surface area contributed by atoms with Crippen molar-refractivity contribution >= 4 is 28.8 Å². The first-order valence-electron chi connectivity index (χ1n) is 7.41. The van der Waals surface area contributed by atoms with Gasteiger partial charge in [0.2, 0.25) is 5.91 Å². The molecule has 2 N–H and O–H groups in total. The molecule has 0 fully saturated rings. The molecule has 1 aromatic carbocycles. The van der Waals surface area contributed by atoms with Gasteiger partial charge in [-0.3, -0.25) is 10.1 Å². The molecule has 0 aliphatic rings. The molecule has 3 nitrogen and oxygen atoms in total. The number of carbonyl (C=O) groups excluding carboxylic acids is 1. The highest BCUT2D eigenvalue weighted by molar-refractivity contribution is 7.09. The van der Waals surface area contributed by atoms with Crippen molar-refractivity contribution in [1.82, 2.24) is 10.6 Å². The third kappa shape index (κ3) is 4.83. The van der Waals surface area contributed by atoms with Crippen LogP contribution in [0.1, 0.15) is 36.8 Å². The molecule has 118 valence electrons. The monoisotopic (exact) mass is 336 g/mol. The summed E-state index contributed by atoms with van der Waals surface area (Å²) in [6.07, 6.45) is 0.907. The van der Waals surface area contributed by atoms with Crippen LogP contribution in [0.4, 0.5) is 0 Å². The minimum Gasteiger partial charge on any atom is -0.350 e. The van der Waals surface area contributed by atoms with Crippen LogP contribution < -0.4 is 10.6 Å². The van der Waals surface area contributed by atoms with Crippen molar-refractivity contribution in [3.05, 3.63) is 57.2 Å². The number of nitrogens with one attached hydrogen (secondary N) is 2. The molecule has 0 unspecified atom stereocenters. The summed E-state index contributed by atoms with van der Waals surface area (Å²) in [6, 6.07) is 11.7. The zero-order valence-corrected chi connectivity index (χ0v) is 14.4. The molecule has 0 spiro atoms. The maximum atomic E-state index is 12.2. The summed E-state index contributed by atoms with van der Waals surface area (Å²) in [6.45, 7) is 4.57. The van der Waals surface area contributed by atoms with Gasteiger partial charge < -0.3 is 5.32 Å². The van der Waals surface area contributed by atoms with Crippen molar-refractivity contribution in [2.24, 2.45) is 0 Å². The van der Waals surface area contributed by atoms with Crippen LogP contribution in [0, 0.1) is 0 Å². The summed E-state index contributed by atoms with van der Waals surface area (Å²) < 4.78 is 0. The molecule has 0 saturated carbocycles. The quantitative estimate of drug-likeness (QED) is 0.797. The summed E-state index contributed by atoms with van der Waals surface area (Å²) >= 11 is 7.57. The maximum Gasteiger partial charge on any atom is 0.237 e. The number of amides is 1. The largest absolute Gasteiger partial charge is 0.350 e. The number of benzene rings is 1. The van der Waals surface area contributed by atoms with Crippen LogP contribution in [0.3, 0.4) is 0 Å². The summed E-state index contributed by atoms with van der Waals surface area (Å²) in [5, 5.41) is 9.08. The lowest BCUT2D eigenvalue weighted by Crippen LogP contribution is -2.43. The molecule has 1 heterocycles. The average molecular weight is 337 g/mol. The Bertz CT molecular complexity index is 583. The zero-order valence-electron chi connectivity index (χ0n) is 12.8. The summed E-state index contributed by atoms with van der Waals surface area (Å²) in [5.41, 5.74) is 1.14. The molecule has 0 bridgehead atoms. The van der Waals surface area contributed by atoms with E-state index < -0.39 is 0 Å². The molecule has 2 rings (SSSR count). The molecule has 2 aromatic rings. The fraction of sp³-hybridized carbons (Fsp3) is 0.353. The van der Waals surface area contributed by atoms with Gasteiger partial charge in [-0.1, -0.05) is 36.7 Å². The molecule has 22 heavy (non-hydrogen) atoms. The van der Waals surface area contributed by atoms with Crippen molar-refractivity contribution in [3.63, 3.8) is 0 Å². The zero-order chi connectivity index (χ0) is 15.9. The Kier molecular flexibility index (Phi) is 6.43. The van der Waals surface area contributed by atoms with E-state index in [2.05, 4.69) is 17.6 Å². The number of rotatable bonds is 7. The van der Waals surface area contributed by atoms with Gasteiger partial charge in [-0.05, 0) is 42.5 Å². The minimum absolute atomic E-state index is 0.0146. The molecule has 0 aliphatic carbocycles. The van der Waals surface area contributed by atoms with Gasteiger partial charge in [0.05, 0.1) is 12.6 Å². The Morgan fingerprint density at radius 2 is 2.00 bits per heavy atom. The molecular formula is C17H21ClN2OS. The Morgan fingerprint density at radius 3 is 2.59 bits per heavy atom. The smallest absolute Gasteiger partial charge is 0.237 e. The fourth-order valence-electron chi connectivity index (χ4n) is 2.26. The summed E-state index contributed by atoms with van der Waals surface area (Å²) in [7, 11) is 0. The van der Waals surface area contributed by atoms with Gasteiger partial charge in [-0.15, -0.1) is 11.3 Å². The van der Waals surface area contributed by atoms with Crippen LogP contribution in [0.5, 0.6) is 0 Å². The van der Waals surface area contributed by atoms with E-state index in [1.165, 1.54) is 0 Å². The van der Waals surface area contributed by atoms with Gasteiger partial charge in [-0.2, -0.15) is 0 Å². The van der Waals surface area contributed by atoms with E-state index in [9.17, 15) is 4.79 Å². The molecule has 2 atom stereocenters. The molecule has 1 amide bonds. The number of carbonyl (C=O) groups is 1. The van der Waals surface area contributed by atoms with Crippen LogP contribution in [0.2, 0.25) is 5.02 Å². The third-order valence-corrected chi connectivity index (χ3v) is 4.67. The van der Waals surface area contributed by atoms with Gasteiger partial charge in [0.25, 0.3) is 0 Å². The predicted octanol–water partition coefficient (Wildman–Crippen LogP) is 4.15. The summed E-state index contributed by atoms with van der Waals surface area (Å²) in [4.78, 5) is 13.3. The second-order valence-electron chi connectivity index (χ2n) is 5.20. The highest BCUT2D eigenvalue weighted by atomic mass is 35.5. The molecule has 0 aliphatic heterocycles. The topological polar surface area (TPSA) is 41.1 Å². The highest BCUT2D eigenvalue weighted by Crippen LogP contribution is 2.19. The van der Waals surface area contributed by atoms with Crippen LogP contribution in [0.15, 0.2) is 41.8 Å². The normalized spacial score (nSPS) is 13.6. The first-order valence-corrected chi connectivity index (χ1v) is 8.67. The van der Waals surface area contributed by atoms with Crippen molar-refractivity contribution in [3.8, 4) is 0 Å². The van der Waals surface area contributed by atoms with E-state index in [1.54, 1.807) is 11.3 Å². The molecular weight excluding hydrogens is 316 g/mol. The van der Waals surface area contributed by atoms with E-state index in [1.807, 2.05) is 48.7 Å². The second-order valence-corrected chi connectivity index (χ2v) is 6.67.